The van der Waals surface area contributed by atoms with Gasteiger partial charge >= 0.3 is 0 Å². The average molecular weight is 450 g/mol. The van der Waals surface area contributed by atoms with Gasteiger partial charge in [-0.2, -0.15) is 0 Å². The van der Waals surface area contributed by atoms with Crippen molar-refractivity contribution in [2.24, 2.45) is 4.99 Å². The molecule has 0 saturated carbocycles. The summed E-state index contributed by atoms with van der Waals surface area (Å²) in [6.07, 6.45) is 2.29. The highest BCUT2D eigenvalue weighted by atomic mass is 16.5. The van der Waals surface area contributed by atoms with Crippen LogP contribution in [-0.2, 0) is 24.4 Å². The Morgan fingerprint density at radius 3 is 2.12 bits per heavy atom. The van der Waals surface area contributed by atoms with Gasteiger partial charge in [0.05, 0.1) is 19.8 Å². The first kappa shape index (κ1) is 23.7. The molecule has 2 aromatic carbocycles. The SMILES string of the molecule is CCNC(=NCc1ccc(CN2CCOCC2)cc1)NC1CCN(Cc2ccccc2)CC1. The second kappa shape index (κ2) is 12.7. The van der Waals surface area contributed by atoms with Crippen molar-refractivity contribution in [2.75, 3.05) is 45.9 Å². The summed E-state index contributed by atoms with van der Waals surface area (Å²) < 4.78 is 5.44. The average Bonchev–Trinajstić information content (AvgIpc) is 2.86. The number of likely N-dealkylation sites (tertiary alicyclic amines) is 1. The quantitative estimate of drug-likeness (QED) is 0.479. The number of hydrogen-bond acceptors (Lipinski definition) is 4. The van der Waals surface area contributed by atoms with Crippen LogP contribution >= 0.6 is 0 Å². The molecule has 0 aliphatic carbocycles. The number of ether oxygens (including phenoxy) is 1. The molecule has 0 radical (unpaired) electrons. The highest BCUT2D eigenvalue weighted by molar-refractivity contribution is 5.80. The largest absolute Gasteiger partial charge is 0.379 e. The number of guanidine groups is 1. The summed E-state index contributed by atoms with van der Waals surface area (Å²) in [6, 6.07) is 20.2. The Labute approximate surface area is 199 Å². The molecule has 2 aliphatic rings. The summed E-state index contributed by atoms with van der Waals surface area (Å²) in [5.41, 5.74) is 4.00. The minimum Gasteiger partial charge on any atom is -0.379 e. The molecule has 6 heteroatoms. The van der Waals surface area contributed by atoms with Crippen LogP contribution < -0.4 is 10.6 Å². The van der Waals surface area contributed by atoms with Crippen molar-refractivity contribution >= 4 is 5.96 Å². The number of nitrogens with zero attached hydrogens (tertiary/aromatic N) is 3. The minimum atomic E-state index is 0.478. The Balaban J connectivity index is 1.23. The zero-order valence-corrected chi connectivity index (χ0v) is 20.0. The predicted octanol–water partition coefficient (Wildman–Crippen LogP) is 3.24. The zero-order valence-electron chi connectivity index (χ0n) is 20.0. The third-order valence-electron chi connectivity index (χ3n) is 6.47. The van der Waals surface area contributed by atoms with Crippen molar-refractivity contribution in [3.05, 3.63) is 71.3 Å². The van der Waals surface area contributed by atoms with E-state index in [1.54, 1.807) is 0 Å². The fourth-order valence-corrected chi connectivity index (χ4v) is 4.53. The van der Waals surface area contributed by atoms with E-state index in [-0.39, 0.29) is 0 Å². The van der Waals surface area contributed by atoms with Crippen molar-refractivity contribution in [1.82, 2.24) is 20.4 Å². The molecule has 0 unspecified atom stereocenters. The van der Waals surface area contributed by atoms with E-state index < -0.39 is 0 Å². The van der Waals surface area contributed by atoms with Gasteiger partial charge in [-0.1, -0.05) is 54.6 Å². The molecule has 2 N–H and O–H groups in total. The molecule has 178 valence electrons. The molecular weight excluding hydrogens is 410 g/mol. The maximum Gasteiger partial charge on any atom is 0.191 e. The van der Waals surface area contributed by atoms with Gasteiger partial charge in [-0.3, -0.25) is 9.80 Å². The van der Waals surface area contributed by atoms with Crippen LogP contribution in [0, 0.1) is 0 Å². The molecule has 2 fully saturated rings. The lowest BCUT2D eigenvalue weighted by Crippen LogP contribution is -2.48. The van der Waals surface area contributed by atoms with E-state index in [1.165, 1.54) is 16.7 Å². The first-order chi connectivity index (χ1) is 16.3. The predicted molar refractivity (Wildman–Crippen MR) is 135 cm³/mol. The van der Waals surface area contributed by atoms with Crippen LogP contribution in [0.1, 0.15) is 36.5 Å². The Morgan fingerprint density at radius 2 is 1.45 bits per heavy atom. The van der Waals surface area contributed by atoms with Gasteiger partial charge in [-0.25, -0.2) is 4.99 Å². The number of morpholine rings is 1. The van der Waals surface area contributed by atoms with Gasteiger partial charge in [-0.05, 0) is 36.5 Å². The first-order valence-corrected chi connectivity index (χ1v) is 12.5. The van der Waals surface area contributed by atoms with E-state index in [9.17, 15) is 0 Å². The molecule has 0 bridgehead atoms. The number of piperidine rings is 1. The van der Waals surface area contributed by atoms with Crippen LogP contribution in [0.5, 0.6) is 0 Å². The third-order valence-corrected chi connectivity index (χ3v) is 6.47. The van der Waals surface area contributed by atoms with Gasteiger partial charge in [0.1, 0.15) is 0 Å². The highest BCUT2D eigenvalue weighted by Crippen LogP contribution is 2.14. The highest BCUT2D eigenvalue weighted by Gasteiger charge is 2.20. The number of aliphatic imine (C=N–C) groups is 1. The van der Waals surface area contributed by atoms with Crippen LogP contribution in [0.4, 0.5) is 0 Å². The summed E-state index contributed by atoms with van der Waals surface area (Å²) in [7, 11) is 0. The molecule has 0 atom stereocenters. The Hall–Kier alpha value is -2.41. The van der Waals surface area contributed by atoms with Gasteiger partial charge < -0.3 is 15.4 Å². The van der Waals surface area contributed by atoms with E-state index in [1.807, 2.05) is 0 Å². The Morgan fingerprint density at radius 1 is 0.848 bits per heavy atom. The van der Waals surface area contributed by atoms with Gasteiger partial charge in [-0.15, -0.1) is 0 Å². The van der Waals surface area contributed by atoms with E-state index in [4.69, 9.17) is 9.73 Å². The molecule has 0 spiro atoms. The monoisotopic (exact) mass is 449 g/mol. The maximum absolute atomic E-state index is 5.44. The fraction of sp³-hybridized carbons (Fsp3) is 0.519. The zero-order chi connectivity index (χ0) is 22.7. The van der Waals surface area contributed by atoms with Crippen LogP contribution in [-0.4, -0.2) is 67.7 Å². The topological polar surface area (TPSA) is 52.1 Å². The molecule has 6 nitrogen and oxygen atoms in total. The summed E-state index contributed by atoms with van der Waals surface area (Å²) in [5.74, 6) is 0.927. The van der Waals surface area contributed by atoms with Gasteiger partial charge in [0.2, 0.25) is 0 Å². The third kappa shape index (κ3) is 7.84. The normalized spacial score (nSPS) is 18.9. The van der Waals surface area contributed by atoms with Crippen LogP contribution in [0.25, 0.3) is 0 Å². The molecule has 2 heterocycles. The molecule has 4 rings (SSSR count). The number of rotatable bonds is 8. The second-order valence-corrected chi connectivity index (χ2v) is 9.08. The van der Waals surface area contributed by atoms with Crippen LogP contribution in [0.2, 0.25) is 0 Å². The molecule has 0 amide bonds. The lowest BCUT2D eigenvalue weighted by molar-refractivity contribution is 0.0342. The van der Waals surface area contributed by atoms with E-state index in [0.29, 0.717) is 12.6 Å². The maximum atomic E-state index is 5.44. The summed E-state index contributed by atoms with van der Waals surface area (Å²) in [6.45, 7) is 11.7. The summed E-state index contributed by atoms with van der Waals surface area (Å²) in [5, 5.41) is 7.09. The minimum absolute atomic E-state index is 0.478. The number of benzene rings is 2. The molecule has 0 aromatic heterocycles. The van der Waals surface area contributed by atoms with Crippen molar-refractivity contribution in [2.45, 2.75) is 45.4 Å². The lowest BCUT2D eigenvalue weighted by atomic mass is 10.0. The molecule has 33 heavy (non-hydrogen) atoms. The number of hydrogen-bond donors (Lipinski definition) is 2. The fourth-order valence-electron chi connectivity index (χ4n) is 4.53. The standard InChI is InChI=1S/C27H39N5O/c1-2-28-27(30-26-12-14-31(15-13-26)21-24-6-4-3-5-7-24)29-20-23-8-10-25(11-9-23)22-32-16-18-33-19-17-32/h3-11,26H,2,12-22H2,1H3,(H2,28,29,30). The molecular formula is C27H39N5O. The van der Waals surface area contributed by atoms with Crippen molar-refractivity contribution in [3.63, 3.8) is 0 Å². The lowest BCUT2D eigenvalue weighted by Gasteiger charge is -2.33. The Kier molecular flexibility index (Phi) is 9.16. The number of nitrogens with one attached hydrogen (secondary N) is 2. The van der Waals surface area contributed by atoms with Crippen molar-refractivity contribution in [3.8, 4) is 0 Å². The van der Waals surface area contributed by atoms with Crippen LogP contribution in [0.3, 0.4) is 0 Å². The second-order valence-electron chi connectivity index (χ2n) is 9.08. The van der Waals surface area contributed by atoms with Gasteiger partial charge in [0.25, 0.3) is 0 Å². The first-order valence-electron chi connectivity index (χ1n) is 12.5. The van der Waals surface area contributed by atoms with Crippen molar-refractivity contribution in [1.29, 1.82) is 0 Å². The van der Waals surface area contributed by atoms with E-state index in [2.05, 4.69) is 82.0 Å². The van der Waals surface area contributed by atoms with Gasteiger partial charge in [0, 0.05) is 51.9 Å². The summed E-state index contributed by atoms with van der Waals surface area (Å²) in [4.78, 5) is 9.87. The smallest absolute Gasteiger partial charge is 0.191 e. The van der Waals surface area contributed by atoms with Gasteiger partial charge in [0.15, 0.2) is 5.96 Å². The van der Waals surface area contributed by atoms with E-state index >= 15 is 0 Å². The van der Waals surface area contributed by atoms with Crippen LogP contribution in [0.15, 0.2) is 59.6 Å². The van der Waals surface area contributed by atoms with Crippen molar-refractivity contribution < 1.29 is 4.74 Å². The summed E-state index contributed by atoms with van der Waals surface area (Å²) >= 11 is 0. The molecule has 2 aromatic rings. The van der Waals surface area contributed by atoms with E-state index in [0.717, 1.165) is 77.8 Å². The Bertz CT molecular complexity index is 841. The molecule has 2 saturated heterocycles. The molecule has 2 aliphatic heterocycles.